The highest BCUT2D eigenvalue weighted by Gasteiger charge is 2.29. The maximum absolute atomic E-state index is 12.3. The predicted molar refractivity (Wildman–Crippen MR) is 75.9 cm³/mol. The lowest BCUT2D eigenvalue weighted by Gasteiger charge is -2.29. The SMILES string of the molecule is CCN(CC)C(=O)C(NC(=O)OC(C)(C)C)C(C)C. The van der Waals surface area contributed by atoms with Crippen LogP contribution in [0.25, 0.3) is 0 Å². The molecule has 1 N–H and O–H groups in total. The molecule has 0 heterocycles. The first-order valence-corrected chi connectivity index (χ1v) is 6.90. The van der Waals surface area contributed by atoms with Crippen LogP contribution in [0.1, 0.15) is 48.5 Å². The minimum atomic E-state index is -0.566. The van der Waals surface area contributed by atoms with Crippen LogP contribution < -0.4 is 5.32 Å². The number of carbonyl (C=O) groups is 2. The Morgan fingerprint density at radius 2 is 1.63 bits per heavy atom. The zero-order valence-corrected chi connectivity index (χ0v) is 13.2. The second kappa shape index (κ2) is 7.36. The van der Waals surface area contributed by atoms with Gasteiger partial charge >= 0.3 is 6.09 Å². The van der Waals surface area contributed by atoms with Crippen LogP contribution >= 0.6 is 0 Å². The summed E-state index contributed by atoms with van der Waals surface area (Å²) in [6.45, 7) is 14.3. The molecule has 0 aromatic carbocycles. The normalized spacial score (nSPS) is 13.1. The van der Waals surface area contributed by atoms with Crippen molar-refractivity contribution in [2.24, 2.45) is 5.92 Å². The van der Waals surface area contributed by atoms with E-state index < -0.39 is 17.7 Å². The maximum Gasteiger partial charge on any atom is 0.408 e. The fraction of sp³-hybridized carbons (Fsp3) is 0.857. The number of nitrogens with one attached hydrogen (secondary N) is 1. The monoisotopic (exact) mass is 272 g/mol. The molecular formula is C14H28N2O3. The highest BCUT2D eigenvalue weighted by atomic mass is 16.6. The van der Waals surface area contributed by atoms with Crippen LogP contribution in [-0.4, -0.2) is 41.6 Å². The number of alkyl carbamates (subject to hydrolysis) is 1. The first-order valence-electron chi connectivity index (χ1n) is 6.90. The summed E-state index contributed by atoms with van der Waals surface area (Å²) in [4.78, 5) is 25.8. The van der Waals surface area contributed by atoms with Crippen molar-refractivity contribution in [2.45, 2.75) is 60.1 Å². The Hall–Kier alpha value is -1.26. The Bertz CT molecular complexity index is 304. The van der Waals surface area contributed by atoms with Gasteiger partial charge in [-0.1, -0.05) is 13.8 Å². The van der Waals surface area contributed by atoms with Crippen molar-refractivity contribution in [3.63, 3.8) is 0 Å². The molecule has 5 heteroatoms. The molecule has 2 amide bonds. The Balaban J connectivity index is 4.75. The summed E-state index contributed by atoms with van der Waals surface area (Å²) in [5, 5.41) is 2.67. The van der Waals surface area contributed by atoms with E-state index in [-0.39, 0.29) is 11.8 Å². The van der Waals surface area contributed by atoms with Crippen molar-refractivity contribution in [1.82, 2.24) is 10.2 Å². The molecule has 19 heavy (non-hydrogen) atoms. The molecule has 0 saturated carbocycles. The Kier molecular flexibility index (Phi) is 6.87. The van der Waals surface area contributed by atoms with Gasteiger partial charge in [0.15, 0.2) is 0 Å². The fourth-order valence-corrected chi connectivity index (χ4v) is 1.68. The molecule has 1 unspecified atom stereocenters. The zero-order valence-electron chi connectivity index (χ0n) is 13.2. The summed E-state index contributed by atoms with van der Waals surface area (Å²) in [6.07, 6.45) is -0.549. The van der Waals surface area contributed by atoms with Gasteiger partial charge in [0.25, 0.3) is 0 Å². The van der Waals surface area contributed by atoms with Gasteiger partial charge in [0.2, 0.25) is 5.91 Å². The molecule has 0 rings (SSSR count). The Morgan fingerprint density at radius 3 is 1.95 bits per heavy atom. The van der Waals surface area contributed by atoms with E-state index in [1.54, 1.807) is 25.7 Å². The van der Waals surface area contributed by atoms with Crippen LogP contribution in [0.4, 0.5) is 4.79 Å². The van der Waals surface area contributed by atoms with E-state index in [1.807, 2.05) is 27.7 Å². The quantitative estimate of drug-likeness (QED) is 0.836. The van der Waals surface area contributed by atoms with Gasteiger partial charge in [0, 0.05) is 13.1 Å². The fourth-order valence-electron chi connectivity index (χ4n) is 1.68. The van der Waals surface area contributed by atoms with Crippen molar-refractivity contribution in [3.8, 4) is 0 Å². The summed E-state index contributed by atoms with van der Waals surface area (Å²) in [5.41, 5.74) is -0.566. The number of nitrogens with zero attached hydrogens (tertiary/aromatic N) is 1. The van der Waals surface area contributed by atoms with Gasteiger partial charge in [-0.25, -0.2) is 4.79 Å². The average Bonchev–Trinajstić information content (AvgIpc) is 2.24. The predicted octanol–water partition coefficient (Wildman–Crippen LogP) is 2.40. The summed E-state index contributed by atoms with van der Waals surface area (Å²) in [7, 11) is 0. The molecule has 0 radical (unpaired) electrons. The molecule has 0 spiro atoms. The average molecular weight is 272 g/mol. The molecule has 0 fully saturated rings. The second-order valence-electron chi connectivity index (χ2n) is 5.88. The maximum atomic E-state index is 12.3. The van der Waals surface area contributed by atoms with Crippen molar-refractivity contribution < 1.29 is 14.3 Å². The highest BCUT2D eigenvalue weighted by Crippen LogP contribution is 2.10. The molecule has 112 valence electrons. The molecule has 0 saturated heterocycles. The van der Waals surface area contributed by atoms with Gasteiger partial charge in [-0.15, -0.1) is 0 Å². The van der Waals surface area contributed by atoms with E-state index in [4.69, 9.17) is 4.74 Å². The lowest BCUT2D eigenvalue weighted by molar-refractivity contribution is -0.134. The van der Waals surface area contributed by atoms with Crippen molar-refractivity contribution in [2.75, 3.05) is 13.1 Å². The number of hydrogen-bond acceptors (Lipinski definition) is 3. The number of carbonyl (C=O) groups excluding carboxylic acids is 2. The molecule has 1 atom stereocenters. The summed E-state index contributed by atoms with van der Waals surface area (Å²) >= 11 is 0. The van der Waals surface area contributed by atoms with E-state index in [0.717, 1.165) is 0 Å². The number of likely N-dealkylation sites (N-methyl/N-ethyl adjacent to an activating group) is 1. The summed E-state index contributed by atoms with van der Waals surface area (Å²) in [6, 6.07) is -0.547. The van der Waals surface area contributed by atoms with E-state index in [0.29, 0.717) is 13.1 Å². The molecule has 0 bridgehead atoms. The lowest BCUT2D eigenvalue weighted by atomic mass is 10.0. The minimum absolute atomic E-state index is 0.0145. The molecule has 0 aliphatic heterocycles. The van der Waals surface area contributed by atoms with Crippen LogP contribution in [-0.2, 0) is 9.53 Å². The van der Waals surface area contributed by atoms with E-state index in [1.165, 1.54) is 0 Å². The van der Waals surface area contributed by atoms with Crippen molar-refractivity contribution in [3.05, 3.63) is 0 Å². The smallest absolute Gasteiger partial charge is 0.408 e. The number of amides is 2. The van der Waals surface area contributed by atoms with Crippen molar-refractivity contribution >= 4 is 12.0 Å². The Labute approximate surface area is 116 Å². The highest BCUT2D eigenvalue weighted by molar-refractivity contribution is 5.86. The van der Waals surface area contributed by atoms with Gasteiger partial charge in [-0.05, 0) is 40.5 Å². The van der Waals surface area contributed by atoms with E-state index in [2.05, 4.69) is 5.32 Å². The number of rotatable bonds is 5. The molecule has 5 nitrogen and oxygen atoms in total. The molecular weight excluding hydrogens is 244 g/mol. The standard InChI is InChI=1S/C14H28N2O3/c1-8-16(9-2)12(17)11(10(3)4)15-13(18)19-14(5,6)7/h10-11H,8-9H2,1-7H3,(H,15,18). The van der Waals surface area contributed by atoms with Gasteiger partial charge in [0.05, 0.1) is 0 Å². The van der Waals surface area contributed by atoms with E-state index in [9.17, 15) is 9.59 Å². The van der Waals surface area contributed by atoms with Gasteiger partial charge < -0.3 is 15.0 Å². The largest absolute Gasteiger partial charge is 0.444 e. The van der Waals surface area contributed by atoms with E-state index >= 15 is 0 Å². The third-order valence-corrected chi connectivity index (χ3v) is 2.68. The van der Waals surface area contributed by atoms with Crippen LogP contribution in [0.15, 0.2) is 0 Å². The second-order valence-corrected chi connectivity index (χ2v) is 5.88. The van der Waals surface area contributed by atoms with Crippen LogP contribution in [0.2, 0.25) is 0 Å². The molecule has 0 aromatic rings. The first kappa shape index (κ1) is 17.7. The first-order chi connectivity index (χ1) is 8.62. The van der Waals surface area contributed by atoms with Gasteiger partial charge in [0.1, 0.15) is 11.6 Å². The number of hydrogen-bond donors (Lipinski definition) is 1. The molecule has 0 aliphatic carbocycles. The van der Waals surface area contributed by atoms with Crippen LogP contribution in [0.3, 0.4) is 0 Å². The number of ether oxygens (including phenoxy) is 1. The summed E-state index contributed by atoms with van der Waals surface area (Å²) < 4.78 is 5.19. The molecule has 0 aromatic heterocycles. The van der Waals surface area contributed by atoms with Crippen LogP contribution in [0, 0.1) is 5.92 Å². The topological polar surface area (TPSA) is 58.6 Å². The lowest BCUT2D eigenvalue weighted by Crippen LogP contribution is -2.52. The third-order valence-electron chi connectivity index (χ3n) is 2.68. The Morgan fingerprint density at radius 1 is 1.16 bits per heavy atom. The van der Waals surface area contributed by atoms with Crippen molar-refractivity contribution in [1.29, 1.82) is 0 Å². The summed E-state index contributed by atoms with van der Waals surface area (Å²) in [5.74, 6) is -0.0496. The van der Waals surface area contributed by atoms with Gasteiger partial charge in [-0.2, -0.15) is 0 Å². The minimum Gasteiger partial charge on any atom is -0.444 e. The zero-order chi connectivity index (χ0) is 15.2. The van der Waals surface area contributed by atoms with Gasteiger partial charge in [-0.3, -0.25) is 4.79 Å². The third kappa shape index (κ3) is 6.45. The molecule has 0 aliphatic rings. The van der Waals surface area contributed by atoms with Crippen LogP contribution in [0.5, 0.6) is 0 Å².